The Hall–Kier alpha value is -3.39. The van der Waals surface area contributed by atoms with Crippen molar-refractivity contribution < 1.29 is 24.3 Å². The quantitative estimate of drug-likeness (QED) is 0.567. The van der Waals surface area contributed by atoms with Crippen molar-refractivity contribution in [1.82, 2.24) is 9.80 Å². The molecular weight excluding hydrogens is 422 g/mol. The molecule has 1 fully saturated rings. The number of amides is 4. The van der Waals surface area contributed by atoms with Crippen LogP contribution in [0.4, 0.5) is 10.5 Å². The van der Waals surface area contributed by atoms with Crippen LogP contribution in [-0.2, 0) is 26.3 Å². The van der Waals surface area contributed by atoms with E-state index in [1.807, 2.05) is 31.2 Å². The number of hydrogen-bond donors (Lipinski definition) is 1. The van der Waals surface area contributed by atoms with Crippen LogP contribution in [0.3, 0.4) is 0 Å². The maximum absolute atomic E-state index is 13.6. The van der Waals surface area contributed by atoms with Crippen LogP contribution in [0.2, 0.25) is 5.02 Å². The van der Waals surface area contributed by atoms with Crippen molar-refractivity contribution >= 4 is 41.1 Å². The summed E-state index contributed by atoms with van der Waals surface area (Å²) < 4.78 is 0. The molecule has 2 aliphatic heterocycles. The highest BCUT2D eigenvalue weighted by Gasteiger charge is 2.67. The molecule has 4 rings (SSSR count). The molecule has 1 saturated heterocycles. The topological polar surface area (TPSA) is 98.2 Å². The summed E-state index contributed by atoms with van der Waals surface area (Å²) in [5, 5.41) is 9.55. The number of aryl methyl sites for hydroxylation is 1. The molecule has 0 aromatic heterocycles. The first kappa shape index (κ1) is 20.9. The summed E-state index contributed by atoms with van der Waals surface area (Å²) in [6.45, 7) is 1.41. The third-order valence-electron chi connectivity index (χ3n) is 5.77. The predicted molar refractivity (Wildman–Crippen MR) is 113 cm³/mol. The Morgan fingerprint density at radius 2 is 1.77 bits per heavy atom. The van der Waals surface area contributed by atoms with Crippen LogP contribution in [0, 0.1) is 6.92 Å². The Morgan fingerprint density at radius 1 is 1.06 bits per heavy atom. The van der Waals surface area contributed by atoms with Crippen LogP contribution in [0.25, 0.3) is 0 Å². The molecule has 8 nitrogen and oxygen atoms in total. The molecule has 2 heterocycles. The fraction of sp³-hybridized carbons (Fsp3) is 0.273. The van der Waals surface area contributed by atoms with Crippen molar-refractivity contribution in [3.8, 4) is 0 Å². The summed E-state index contributed by atoms with van der Waals surface area (Å²) in [7, 11) is 1.37. The van der Waals surface area contributed by atoms with Crippen molar-refractivity contribution in [3.63, 3.8) is 0 Å². The summed E-state index contributed by atoms with van der Waals surface area (Å²) >= 11 is 6.14. The molecule has 4 amide bonds. The maximum atomic E-state index is 13.6. The van der Waals surface area contributed by atoms with E-state index in [9.17, 15) is 24.3 Å². The van der Waals surface area contributed by atoms with Crippen LogP contribution in [-0.4, -0.2) is 58.9 Å². The number of anilines is 1. The molecule has 0 unspecified atom stereocenters. The normalized spacial score (nSPS) is 20.2. The molecule has 1 atom stereocenters. The molecule has 2 aliphatic rings. The van der Waals surface area contributed by atoms with Crippen LogP contribution in [0.1, 0.15) is 16.7 Å². The van der Waals surface area contributed by atoms with Crippen LogP contribution < -0.4 is 4.90 Å². The first-order chi connectivity index (χ1) is 14.7. The largest absolute Gasteiger partial charge is 0.480 e. The van der Waals surface area contributed by atoms with Gasteiger partial charge in [0.25, 0.3) is 11.8 Å². The number of carboxylic acid groups (broad SMARTS) is 1. The zero-order chi connectivity index (χ0) is 22.5. The molecule has 0 aliphatic carbocycles. The number of aliphatic carboxylic acids is 1. The summed E-state index contributed by atoms with van der Waals surface area (Å²) in [4.78, 5) is 54.6. The SMILES string of the molecule is Cc1cccc(CCN2C(=O)N(C)[C@@]3(C2=O)C(=O)N(CC(=O)O)c2ccc(Cl)cc23)c1. The summed E-state index contributed by atoms with van der Waals surface area (Å²) in [5.74, 6) is -2.71. The van der Waals surface area contributed by atoms with E-state index < -0.39 is 35.9 Å². The lowest BCUT2D eigenvalue weighted by atomic mass is 9.90. The van der Waals surface area contributed by atoms with E-state index in [-0.39, 0.29) is 22.8 Å². The number of urea groups is 1. The van der Waals surface area contributed by atoms with Crippen molar-refractivity contribution in [1.29, 1.82) is 0 Å². The Balaban J connectivity index is 1.74. The van der Waals surface area contributed by atoms with Gasteiger partial charge in [-0.1, -0.05) is 41.4 Å². The van der Waals surface area contributed by atoms with Crippen molar-refractivity contribution in [2.75, 3.05) is 25.0 Å². The van der Waals surface area contributed by atoms with Crippen molar-refractivity contribution in [2.24, 2.45) is 0 Å². The van der Waals surface area contributed by atoms with E-state index in [4.69, 9.17) is 11.6 Å². The Bertz CT molecular complexity index is 1130. The van der Waals surface area contributed by atoms with E-state index in [0.717, 1.165) is 25.8 Å². The third kappa shape index (κ3) is 3.06. The molecule has 9 heteroatoms. The fourth-order valence-corrected chi connectivity index (χ4v) is 4.50. The number of nitrogens with zero attached hydrogens (tertiary/aromatic N) is 3. The molecule has 2 aromatic rings. The molecule has 0 saturated carbocycles. The smallest absolute Gasteiger partial charge is 0.328 e. The van der Waals surface area contributed by atoms with Gasteiger partial charge < -0.3 is 10.0 Å². The standard InChI is InChI=1S/C22H20ClN3O5/c1-13-4-3-5-14(10-13)8-9-25-19(29)22(24(2)21(25)31)16-11-15(23)6-7-17(16)26(20(22)30)12-18(27)28/h3-7,10-11H,8-9,12H2,1-2H3,(H,27,28)/t22-/m0/s1. The number of carboxylic acids is 1. The van der Waals surface area contributed by atoms with E-state index in [0.29, 0.717) is 6.42 Å². The number of carbonyl (C=O) groups excluding carboxylic acids is 3. The maximum Gasteiger partial charge on any atom is 0.328 e. The van der Waals surface area contributed by atoms with E-state index >= 15 is 0 Å². The molecule has 2 aromatic carbocycles. The first-order valence-electron chi connectivity index (χ1n) is 9.67. The molecule has 0 bridgehead atoms. The Kier molecular flexibility index (Phi) is 4.97. The second kappa shape index (κ2) is 7.39. The molecular formula is C22H20ClN3O5. The van der Waals surface area contributed by atoms with Gasteiger partial charge >= 0.3 is 12.0 Å². The minimum Gasteiger partial charge on any atom is -0.480 e. The van der Waals surface area contributed by atoms with Crippen LogP contribution in [0.5, 0.6) is 0 Å². The van der Waals surface area contributed by atoms with Crippen molar-refractivity contribution in [2.45, 2.75) is 18.9 Å². The summed E-state index contributed by atoms with van der Waals surface area (Å²) in [6.07, 6.45) is 0.429. The predicted octanol–water partition coefficient (Wildman–Crippen LogP) is 2.41. The second-order valence-electron chi connectivity index (χ2n) is 7.69. The second-order valence-corrected chi connectivity index (χ2v) is 8.13. The van der Waals surface area contributed by atoms with Crippen LogP contribution in [0.15, 0.2) is 42.5 Å². The molecule has 31 heavy (non-hydrogen) atoms. The lowest BCUT2D eigenvalue weighted by molar-refractivity contribution is -0.143. The zero-order valence-electron chi connectivity index (χ0n) is 17.0. The Morgan fingerprint density at radius 3 is 2.45 bits per heavy atom. The summed E-state index contributed by atoms with van der Waals surface area (Å²) in [6, 6.07) is 11.6. The average Bonchev–Trinajstić information content (AvgIpc) is 3.05. The fourth-order valence-electron chi connectivity index (χ4n) is 4.33. The molecule has 0 radical (unpaired) electrons. The molecule has 1 spiro atoms. The number of likely N-dealkylation sites (N-methyl/N-ethyl adjacent to an activating group) is 1. The summed E-state index contributed by atoms with van der Waals surface area (Å²) in [5.41, 5.74) is 0.525. The monoisotopic (exact) mass is 441 g/mol. The van der Waals surface area contributed by atoms with E-state index in [2.05, 4.69) is 0 Å². The van der Waals surface area contributed by atoms with E-state index in [1.165, 1.54) is 25.2 Å². The first-order valence-corrected chi connectivity index (χ1v) is 10.0. The van der Waals surface area contributed by atoms with Gasteiger partial charge in [-0.2, -0.15) is 0 Å². The number of hydrogen-bond acceptors (Lipinski definition) is 4. The number of halogens is 1. The van der Waals surface area contributed by atoms with Gasteiger partial charge in [0.15, 0.2) is 0 Å². The minimum absolute atomic E-state index is 0.0926. The van der Waals surface area contributed by atoms with Gasteiger partial charge in [0, 0.05) is 24.2 Å². The molecule has 160 valence electrons. The van der Waals surface area contributed by atoms with Gasteiger partial charge in [0.1, 0.15) is 6.54 Å². The van der Waals surface area contributed by atoms with Gasteiger partial charge in [0.2, 0.25) is 5.54 Å². The van der Waals surface area contributed by atoms with Crippen LogP contribution >= 0.6 is 11.6 Å². The lowest BCUT2D eigenvalue weighted by Crippen LogP contribution is -2.53. The van der Waals surface area contributed by atoms with E-state index in [1.54, 1.807) is 0 Å². The molecule has 1 N–H and O–H groups in total. The van der Waals surface area contributed by atoms with Gasteiger partial charge in [0.05, 0.1) is 5.69 Å². The lowest BCUT2D eigenvalue weighted by Gasteiger charge is -2.27. The minimum atomic E-state index is -1.96. The highest BCUT2D eigenvalue weighted by atomic mass is 35.5. The van der Waals surface area contributed by atoms with Gasteiger partial charge in [-0.3, -0.25) is 24.2 Å². The van der Waals surface area contributed by atoms with Gasteiger partial charge in [-0.15, -0.1) is 0 Å². The number of rotatable bonds is 5. The Labute approximate surface area is 183 Å². The number of imide groups is 1. The highest BCUT2D eigenvalue weighted by Crippen LogP contribution is 2.48. The highest BCUT2D eigenvalue weighted by molar-refractivity contribution is 6.32. The number of fused-ring (bicyclic) bond motifs is 2. The average molecular weight is 442 g/mol. The number of benzene rings is 2. The van der Waals surface area contributed by atoms with Gasteiger partial charge in [-0.25, -0.2) is 4.79 Å². The zero-order valence-corrected chi connectivity index (χ0v) is 17.7. The van der Waals surface area contributed by atoms with Crippen molar-refractivity contribution in [3.05, 3.63) is 64.2 Å². The van der Waals surface area contributed by atoms with Gasteiger partial charge in [-0.05, 0) is 37.1 Å². The third-order valence-corrected chi connectivity index (χ3v) is 6.00. The number of carbonyl (C=O) groups is 4.